The number of ether oxygens (including phenoxy) is 1. The van der Waals surface area contributed by atoms with E-state index in [1.54, 1.807) is 20.8 Å². The summed E-state index contributed by atoms with van der Waals surface area (Å²) < 4.78 is 81.8. The zero-order chi connectivity index (χ0) is 21.8. The lowest BCUT2D eigenvalue weighted by Crippen LogP contribution is -2.41. The van der Waals surface area contributed by atoms with Gasteiger partial charge in [-0.05, 0) is 66.1 Å². The second-order valence-electron chi connectivity index (χ2n) is 8.70. The van der Waals surface area contributed by atoms with E-state index in [-0.39, 0.29) is 5.46 Å². The molecule has 11 heteroatoms. The number of rotatable bonds is 4. The predicted octanol–water partition coefficient (Wildman–Crippen LogP) is 2.96. The van der Waals surface area contributed by atoms with Crippen LogP contribution in [-0.4, -0.2) is 38.6 Å². The Hall–Kier alpha value is -1.30. The molecule has 1 N–H and O–H groups in total. The number of alkyl halides is 3. The lowest BCUT2D eigenvalue weighted by Gasteiger charge is -2.32. The average molecular weight is 423 g/mol. The van der Waals surface area contributed by atoms with Crippen LogP contribution in [0.1, 0.15) is 48.5 Å². The maximum atomic E-state index is 12.8. The molecule has 0 spiro atoms. The first-order chi connectivity index (χ1) is 12.3. The van der Waals surface area contributed by atoms with Gasteiger partial charge in [0.25, 0.3) is 0 Å². The third-order valence-electron chi connectivity index (χ3n) is 4.45. The van der Waals surface area contributed by atoms with Crippen LogP contribution in [0.4, 0.5) is 13.2 Å². The van der Waals surface area contributed by atoms with Crippen LogP contribution in [-0.2, 0) is 19.3 Å². The topological polar surface area (TPSA) is 73.9 Å². The van der Waals surface area contributed by atoms with Gasteiger partial charge in [0.05, 0.1) is 11.2 Å². The Morgan fingerprint density at radius 3 is 1.96 bits per heavy atom. The number of hydrogen-bond donors (Lipinski definition) is 1. The van der Waals surface area contributed by atoms with Crippen molar-refractivity contribution < 1.29 is 35.6 Å². The lowest BCUT2D eigenvalue weighted by molar-refractivity contribution is -0.275. The summed E-state index contributed by atoms with van der Waals surface area (Å²) in [5, 5.41) is 0. The fourth-order valence-corrected chi connectivity index (χ4v) is 4.11. The summed E-state index contributed by atoms with van der Waals surface area (Å²) in [7, 11) is -5.25. The summed E-state index contributed by atoms with van der Waals surface area (Å²) in [5.74, 6) is -0.829. The molecule has 0 bridgehead atoms. The SMILES string of the molecule is CC(C)(C)NS(=O)(=O)c1cc(B2OC(C)(C)C(C)(C)O2)ccc1OC(F)(F)F. The van der Waals surface area contributed by atoms with Gasteiger partial charge in [0.2, 0.25) is 10.0 Å². The molecule has 0 aliphatic carbocycles. The minimum absolute atomic E-state index is 0.266. The first kappa shape index (κ1) is 23.0. The Labute approximate surface area is 163 Å². The normalized spacial score (nSPS) is 19.7. The quantitative estimate of drug-likeness (QED) is 0.754. The number of hydrogen-bond acceptors (Lipinski definition) is 5. The van der Waals surface area contributed by atoms with Crippen LogP contribution in [0.25, 0.3) is 0 Å². The zero-order valence-corrected chi connectivity index (χ0v) is 17.7. The van der Waals surface area contributed by atoms with Crippen LogP contribution in [0, 0.1) is 0 Å². The Morgan fingerprint density at radius 1 is 1.04 bits per heavy atom. The molecule has 1 aliphatic heterocycles. The van der Waals surface area contributed by atoms with E-state index in [2.05, 4.69) is 9.46 Å². The van der Waals surface area contributed by atoms with E-state index in [0.29, 0.717) is 0 Å². The Kier molecular flexibility index (Phi) is 5.66. The van der Waals surface area contributed by atoms with Crippen molar-refractivity contribution in [1.29, 1.82) is 0 Å². The highest BCUT2D eigenvalue weighted by atomic mass is 32.2. The summed E-state index contributed by atoms with van der Waals surface area (Å²) in [6, 6.07) is 3.32. The molecule has 2 rings (SSSR count). The van der Waals surface area contributed by atoms with Gasteiger partial charge >= 0.3 is 13.5 Å². The Balaban J connectivity index is 2.53. The molecule has 28 heavy (non-hydrogen) atoms. The highest BCUT2D eigenvalue weighted by Gasteiger charge is 2.52. The van der Waals surface area contributed by atoms with Crippen LogP contribution in [0.5, 0.6) is 5.75 Å². The van der Waals surface area contributed by atoms with Gasteiger partial charge in [-0.25, -0.2) is 13.1 Å². The van der Waals surface area contributed by atoms with Gasteiger partial charge in [0, 0.05) is 5.54 Å². The monoisotopic (exact) mass is 423 g/mol. The summed E-state index contributed by atoms with van der Waals surface area (Å²) in [5.41, 5.74) is -2.03. The van der Waals surface area contributed by atoms with Crippen LogP contribution >= 0.6 is 0 Å². The number of sulfonamides is 1. The highest BCUT2D eigenvalue weighted by Crippen LogP contribution is 2.37. The van der Waals surface area contributed by atoms with Gasteiger partial charge < -0.3 is 14.0 Å². The van der Waals surface area contributed by atoms with Crippen molar-refractivity contribution in [1.82, 2.24) is 4.72 Å². The third kappa shape index (κ3) is 5.19. The average Bonchev–Trinajstić information content (AvgIpc) is 2.63. The van der Waals surface area contributed by atoms with Crippen LogP contribution in [0.15, 0.2) is 23.1 Å². The second kappa shape index (κ2) is 6.89. The van der Waals surface area contributed by atoms with Crippen LogP contribution in [0.2, 0.25) is 0 Å². The summed E-state index contributed by atoms with van der Waals surface area (Å²) in [6.07, 6.45) is -5.04. The van der Waals surface area contributed by atoms with Gasteiger partial charge in [-0.2, -0.15) is 0 Å². The third-order valence-corrected chi connectivity index (χ3v) is 6.23. The molecule has 0 radical (unpaired) electrons. The number of benzene rings is 1. The fourth-order valence-electron chi connectivity index (χ4n) is 2.53. The van der Waals surface area contributed by atoms with Crippen LogP contribution < -0.4 is 14.9 Å². The maximum Gasteiger partial charge on any atom is 0.573 e. The van der Waals surface area contributed by atoms with E-state index in [9.17, 15) is 21.6 Å². The molecule has 0 saturated carbocycles. The fraction of sp³-hybridized carbons (Fsp3) is 0.647. The molecular formula is C17H25BF3NO5S. The molecule has 0 aromatic heterocycles. The molecule has 1 aromatic carbocycles. The number of halogens is 3. The van der Waals surface area contributed by atoms with Gasteiger partial charge in [0.15, 0.2) is 0 Å². The molecular weight excluding hydrogens is 398 g/mol. The van der Waals surface area contributed by atoms with E-state index in [4.69, 9.17) is 9.31 Å². The molecule has 1 aromatic rings. The van der Waals surface area contributed by atoms with E-state index < -0.39 is 50.9 Å². The van der Waals surface area contributed by atoms with Crippen molar-refractivity contribution in [3.05, 3.63) is 18.2 Å². The number of nitrogens with one attached hydrogen (secondary N) is 1. The van der Waals surface area contributed by atoms with Gasteiger partial charge in [-0.1, -0.05) is 6.07 Å². The summed E-state index contributed by atoms with van der Waals surface area (Å²) >= 11 is 0. The molecule has 1 aliphatic rings. The largest absolute Gasteiger partial charge is 0.573 e. The van der Waals surface area contributed by atoms with Gasteiger partial charge in [-0.3, -0.25) is 0 Å². The summed E-state index contributed by atoms with van der Waals surface area (Å²) in [6.45, 7) is 12.0. The van der Waals surface area contributed by atoms with E-state index in [1.165, 1.54) is 6.07 Å². The molecule has 1 heterocycles. The molecule has 0 unspecified atom stereocenters. The van der Waals surface area contributed by atoms with Crippen molar-refractivity contribution in [3.63, 3.8) is 0 Å². The standard InChI is InChI=1S/C17H25BF3NO5S/c1-14(2,3)22-28(23,24)13-10-11(8-9-12(13)25-17(19,20)21)18-26-15(4,5)16(6,7)27-18/h8-10,22H,1-7H3. The molecule has 1 fully saturated rings. The van der Waals surface area contributed by atoms with Gasteiger partial charge in [0.1, 0.15) is 10.6 Å². The van der Waals surface area contributed by atoms with Crippen LogP contribution in [0.3, 0.4) is 0 Å². The van der Waals surface area contributed by atoms with E-state index in [0.717, 1.165) is 12.1 Å². The smallest absolute Gasteiger partial charge is 0.404 e. The van der Waals surface area contributed by atoms with E-state index in [1.807, 2.05) is 27.7 Å². The maximum absolute atomic E-state index is 12.8. The second-order valence-corrected chi connectivity index (χ2v) is 10.3. The lowest BCUT2D eigenvalue weighted by atomic mass is 9.79. The molecule has 6 nitrogen and oxygen atoms in total. The zero-order valence-electron chi connectivity index (χ0n) is 16.9. The summed E-state index contributed by atoms with van der Waals surface area (Å²) in [4.78, 5) is -0.646. The first-order valence-electron chi connectivity index (χ1n) is 8.62. The molecule has 1 saturated heterocycles. The van der Waals surface area contributed by atoms with E-state index >= 15 is 0 Å². The van der Waals surface area contributed by atoms with Crippen molar-refractivity contribution in [2.45, 2.75) is 76.5 Å². The van der Waals surface area contributed by atoms with Crippen molar-refractivity contribution in [2.75, 3.05) is 0 Å². The van der Waals surface area contributed by atoms with Crippen molar-refractivity contribution >= 4 is 22.6 Å². The Bertz CT molecular complexity index is 831. The Morgan fingerprint density at radius 2 is 1.54 bits per heavy atom. The first-order valence-corrected chi connectivity index (χ1v) is 10.1. The van der Waals surface area contributed by atoms with Crippen molar-refractivity contribution in [3.8, 4) is 5.75 Å². The van der Waals surface area contributed by atoms with Crippen molar-refractivity contribution in [2.24, 2.45) is 0 Å². The molecule has 0 amide bonds. The minimum atomic E-state index is -5.04. The van der Waals surface area contributed by atoms with Gasteiger partial charge in [-0.15, -0.1) is 13.2 Å². The molecule has 158 valence electrons. The molecule has 0 atom stereocenters. The minimum Gasteiger partial charge on any atom is -0.404 e. The predicted molar refractivity (Wildman–Crippen MR) is 98.9 cm³/mol. The highest BCUT2D eigenvalue weighted by molar-refractivity contribution is 7.89.